The molecule has 0 radical (unpaired) electrons. The molecule has 0 spiro atoms. The Bertz CT molecular complexity index is 509. The Labute approximate surface area is 99.2 Å². The largest absolute Gasteiger partial charge is 0.349 e. The first-order valence-electron chi connectivity index (χ1n) is 5.25. The van der Waals surface area contributed by atoms with Gasteiger partial charge in [0.15, 0.2) is 0 Å². The molecule has 0 atom stereocenters. The zero-order valence-electron chi connectivity index (χ0n) is 9.63. The van der Waals surface area contributed by atoms with Crippen LogP contribution in [0.1, 0.15) is 30.9 Å². The van der Waals surface area contributed by atoms with Gasteiger partial charge in [-0.15, -0.1) is 0 Å². The minimum atomic E-state index is 0.561. The van der Waals surface area contributed by atoms with Crippen LogP contribution in [0, 0.1) is 6.92 Å². The summed E-state index contributed by atoms with van der Waals surface area (Å²) < 4.78 is 3.38. The fourth-order valence-corrected chi connectivity index (χ4v) is 2.83. The monoisotopic (exact) mass is 265 g/mol. The zero-order chi connectivity index (χ0) is 11.2. The van der Waals surface area contributed by atoms with Crippen LogP contribution in [-0.4, -0.2) is 4.57 Å². The first-order chi connectivity index (χ1) is 7.00. The predicted octanol–water partition coefficient (Wildman–Crippen LogP) is 4.37. The molecule has 80 valence electrons. The SMILES string of the molecule is Cc1cc(C(C)C)c2c(Br)cn(C)c2c1. The Kier molecular flexibility index (Phi) is 2.63. The minimum Gasteiger partial charge on any atom is -0.349 e. The summed E-state index contributed by atoms with van der Waals surface area (Å²) >= 11 is 3.64. The summed E-state index contributed by atoms with van der Waals surface area (Å²) in [6.07, 6.45) is 2.13. The van der Waals surface area contributed by atoms with Crippen LogP contribution in [0.3, 0.4) is 0 Å². The summed E-state index contributed by atoms with van der Waals surface area (Å²) in [5.74, 6) is 0.561. The Morgan fingerprint density at radius 3 is 2.53 bits per heavy atom. The van der Waals surface area contributed by atoms with Crippen molar-refractivity contribution < 1.29 is 0 Å². The third-order valence-electron chi connectivity index (χ3n) is 2.84. The molecule has 2 rings (SSSR count). The van der Waals surface area contributed by atoms with E-state index in [1.54, 1.807) is 0 Å². The molecule has 15 heavy (non-hydrogen) atoms. The molecular formula is C13H16BrN. The van der Waals surface area contributed by atoms with Gasteiger partial charge in [-0.25, -0.2) is 0 Å². The van der Waals surface area contributed by atoms with Gasteiger partial charge in [0.2, 0.25) is 0 Å². The number of aromatic nitrogens is 1. The number of hydrogen-bond acceptors (Lipinski definition) is 0. The molecule has 0 aliphatic carbocycles. The Morgan fingerprint density at radius 2 is 1.93 bits per heavy atom. The first-order valence-corrected chi connectivity index (χ1v) is 6.05. The average molecular weight is 266 g/mol. The van der Waals surface area contributed by atoms with E-state index < -0.39 is 0 Å². The van der Waals surface area contributed by atoms with E-state index in [-0.39, 0.29) is 0 Å². The molecule has 0 saturated carbocycles. The molecule has 0 aliphatic rings. The summed E-state index contributed by atoms with van der Waals surface area (Å²) in [5.41, 5.74) is 4.07. The van der Waals surface area contributed by atoms with Crippen LogP contribution >= 0.6 is 15.9 Å². The van der Waals surface area contributed by atoms with Crippen LogP contribution in [0.4, 0.5) is 0 Å². The molecule has 0 unspecified atom stereocenters. The average Bonchev–Trinajstić information content (AvgIpc) is 2.41. The smallest absolute Gasteiger partial charge is 0.0495 e. The highest BCUT2D eigenvalue weighted by molar-refractivity contribution is 9.10. The topological polar surface area (TPSA) is 4.93 Å². The highest BCUT2D eigenvalue weighted by atomic mass is 79.9. The molecule has 1 heterocycles. The normalized spacial score (nSPS) is 11.6. The van der Waals surface area contributed by atoms with Crippen LogP contribution in [0.25, 0.3) is 10.9 Å². The van der Waals surface area contributed by atoms with Gasteiger partial charge in [-0.05, 0) is 46.0 Å². The molecule has 0 bridgehead atoms. The van der Waals surface area contributed by atoms with Gasteiger partial charge < -0.3 is 4.57 Å². The third-order valence-corrected chi connectivity index (χ3v) is 3.44. The zero-order valence-corrected chi connectivity index (χ0v) is 11.2. The van der Waals surface area contributed by atoms with Gasteiger partial charge in [0.25, 0.3) is 0 Å². The number of nitrogens with zero attached hydrogens (tertiary/aromatic N) is 1. The van der Waals surface area contributed by atoms with Crippen molar-refractivity contribution in [1.29, 1.82) is 0 Å². The second kappa shape index (κ2) is 3.67. The van der Waals surface area contributed by atoms with Gasteiger partial charge in [-0.3, -0.25) is 0 Å². The molecule has 1 aromatic carbocycles. The number of aryl methyl sites for hydroxylation is 2. The van der Waals surface area contributed by atoms with Gasteiger partial charge in [0.05, 0.1) is 0 Å². The quantitative estimate of drug-likeness (QED) is 0.722. The second-order valence-electron chi connectivity index (χ2n) is 4.49. The van der Waals surface area contributed by atoms with Crippen LogP contribution in [0.2, 0.25) is 0 Å². The standard InChI is InChI=1S/C13H16BrN/c1-8(2)10-5-9(3)6-12-13(10)11(14)7-15(12)4/h5-8H,1-4H3. The van der Waals surface area contributed by atoms with Crippen molar-refractivity contribution in [2.24, 2.45) is 7.05 Å². The predicted molar refractivity (Wildman–Crippen MR) is 69.4 cm³/mol. The van der Waals surface area contributed by atoms with Gasteiger partial charge >= 0.3 is 0 Å². The maximum atomic E-state index is 3.64. The van der Waals surface area contributed by atoms with Crippen molar-refractivity contribution in [3.8, 4) is 0 Å². The molecule has 2 heteroatoms. The van der Waals surface area contributed by atoms with Crippen LogP contribution in [0.5, 0.6) is 0 Å². The van der Waals surface area contributed by atoms with Crippen molar-refractivity contribution in [1.82, 2.24) is 4.57 Å². The van der Waals surface area contributed by atoms with Crippen LogP contribution in [-0.2, 0) is 7.05 Å². The Hall–Kier alpha value is -0.760. The van der Waals surface area contributed by atoms with E-state index in [1.165, 1.54) is 26.5 Å². The van der Waals surface area contributed by atoms with E-state index in [9.17, 15) is 0 Å². The summed E-state index contributed by atoms with van der Waals surface area (Å²) in [6.45, 7) is 6.65. The van der Waals surface area contributed by atoms with Crippen molar-refractivity contribution >= 4 is 26.8 Å². The molecule has 0 fully saturated rings. The second-order valence-corrected chi connectivity index (χ2v) is 5.35. The molecule has 1 aromatic heterocycles. The van der Waals surface area contributed by atoms with E-state index in [0.29, 0.717) is 5.92 Å². The maximum absolute atomic E-state index is 3.64. The fourth-order valence-electron chi connectivity index (χ4n) is 2.09. The van der Waals surface area contributed by atoms with E-state index in [4.69, 9.17) is 0 Å². The molecule has 0 saturated heterocycles. The molecule has 0 N–H and O–H groups in total. The highest BCUT2D eigenvalue weighted by Crippen LogP contribution is 2.33. The first kappa shape index (κ1) is 10.7. The van der Waals surface area contributed by atoms with Crippen LogP contribution < -0.4 is 0 Å². The van der Waals surface area contributed by atoms with Crippen LogP contribution in [0.15, 0.2) is 22.8 Å². The lowest BCUT2D eigenvalue weighted by Gasteiger charge is -2.10. The van der Waals surface area contributed by atoms with Crippen molar-refractivity contribution in [2.45, 2.75) is 26.7 Å². The van der Waals surface area contributed by atoms with Gasteiger partial charge in [0, 0.05) is 28.6 Å². The lowest BCUT2D eigenvalue weighted by Crippen LogP contribution is -1.92. The Balaban J connectivity index is 2.89. The number of rotatable bonds is 1. The minimum absolute atomic E-state index is 0.561. The lowest BCUT2D eigenvalue weighted by atomic mass is 9.97. The van der Waals surface area contributed by atoms with Gasteiger partial charge in [-0.1, -0.05) is 19.9 Å². The van der Waals surface area contributed by atoms with Gasteiger partial charge in [-0.2, -0.15) is 0 Å². The number of hydrogen-bond donors (Lipinski definition) is 0. The maximum Gasteiger partial charge on any atom is 0.0495 e. The number of halogens is 1. The summed E-state index contributed by atoms with van der Waals surface area (Å²) in [5, 5.41) is 1.36. The van der Waals surface area contributed by atoms with E-state index >= 15 is 0 Å². The summed E-state index contributed by atoms with van der Waals surface area (Å²) in [7, 11) is 2.09. The highest BCUT2D eigenvalue weighted by Gasteiger charge is 2.12. The number of fused-ring (bicyclic) bond motifs is 1. The van der Waals surface area contributed by atoms with Crippen molar-refractivity contribution in [2.75, 3.05) is 0 Å². The van der Waals surface area contributed by atoms with Gasteiger partial charge in [0.1, 0.15) is 0 Å². The summed E-state index contributed by atoms with van der Waals surface area (Å²) in [4.78, 5) is 0. The third kappa shape index (κ3) is 1.71. The van der Waals surface area contributed by atoms with Crippen molar-refractivity contribution in [3.05, 3.63) is 33.9 Å². The van der Waals surface area contributed by atoms with E-state index in [2.05, 4.69) is 66.6 Å². The molecule has 1 nitrogen and oxygen atoms in total. The van der Waals surface area contributed by atoms with Crippen molar-refractivity contribution in [3.63, 3.8) is 0 Å². The Morgan fingerprint density at radius 1 is 1.27 bits per heavy atom. The fraction of sp³-hybridized carbons (Fsp3) is 0.385. The molecule has 0 amide bonds. The van der Waals surface area contributed by atoms with E-state index in [1.807, 2.05) is 0 Å². The molecule has 2 aromatic rings. The number of benzene rings is 1. The summed E-state index contributed by atoms with van der Waals surface area (Å²) in [6, 6.07) is 4.53. The molecular weight excluding hydrogens is 250 g/mol. The molecule has 0 aliphatic heterocycles. The van der Waals surface area contributed by atoms with E-state index in [0.717, 1.165) is 0 Å². The lowest BCUT2D eigenvalue weighted by molar-refractivity contribution is 0.873.